The Hall–Kier alpha value is -1.79. The van der Waals surface area contributed by atoms with Crippen LogP contribution in [0, 0.1) is 5.92 Å². The first kappa shape index (κ1) is 20.0. The van der Waals surface area contributed by atoms with E-state index in [0.29, 0.717) is 24.5 Å². The maximum Gasteiger partial charge on any atom is 0.228 e. The molecule has 0 aromatic heterocycles. The molecule has 2 N–H and O–H groups in total. The summed E-state index contributed by atoms with van der Waals surface area (Å²) in [6.07, 6.45) is 2.26. The van der Waals surface area contributed by atoms with Crippen LogP contribution in [0.2, 0.25) is 5.02 Å². The van der Waals surface area contributed by atoms with Gasteiger partial charge in [-0.3, -0.25) is 9.59 Å². The molecule has 3 rings (SSSR count). The molecule has 2 aliphatic heterocycles. The summed E-state index contributed by atoms with van der Waals surface area (Å²) in [6.45, 7) is 7.61. The topological polar surface area (TPSA) is 69.9 Å². The summed E-state index contributed by atoms with van der Waals surface area (Å²) in [6, 6.07) is 5.60. The predicted octanol–water partition coefficient (Wildman–Crippen LogP) is 2.49. The van der Waals surface area contributed by atoms with Crippen molar-refractivity contribution in [2.24, 2.45) is 11.7 Å². The number of carbonyl (C=O) groups is 2. The van der Waals surface area contributed by atoms with E-state index in [-0.39, 0.29) is 23.8 Å². The van der Waals surface area contributed by atoms with E-state index < -0.39 is 0 Å². The lowest BCUT2D eigenvalue weighted by molar-refractivity contribution is -0.135. The minimum atomic E-state index is -0.120. The minimum absolute atomic E-state index is 0.00699. The molecule has 1 aromatic carbocycles. The molecular formula is C20H29ClN4O2. The Balaban J connectivity index is 1.74. The SMILES string of the molecule is CCN(CC)C(=O)C1CCCN(c2ccc(N3CC(N)CC3=O)cc2Cl)C1. The smallest absolute Gasteiger partial charge is 0.228 e. The number of piperidine rings is 1. The highest BCUT2D eigenvalue weighted by Crippen LogP contribution is 2.34. The molecule has 0 radical (unpaired) electrons. The lowest BCUT2D eigenvalue weighted by atomic mass is 9.96. The first-order chi connectivity index (χ1) is 12.9. The van der Waals surface area contributed by atoms with Gasteiger partial charge in [0.15, 0.2) is 0 Å². The Kier molecular flexibility index (Phi) is 6.27. The number of halogens is 1. The van der Waals surface area contributed by atoms with Crippen LogP contribution in [-0.4, -0.2) is 55.5 Å². The third-order valence-corrected chi connectivity index (χ3v) is 5.89. The van der Waals surface area contributed by atoms with Crippen molar-refractivity contribution in [3.63, 3.8) is 0 Å². The predicted molar refractivity (Wildman–Crippen MR) is 109 cm³/mol. The van der Waals surface area contributed by atoms with Gasteiger partial charge in [0.2, 0.25) is 11.8 Å². The van der Waals surface area contributed by atoms with Crippen LogP contribution in [0.25, 0.3) is 0 Å². The van der Waals surface area contributed by atoms with Gasteiger partial charge in [-0.1, -0.05) is 11.6 Å². The second-order valence-electron chi connectivity index (χ2n) is 7.40. The Morgan fingerprint density at radius 1 is 1.30 bits per heavy atom. The van der Waals surface area contributed by atoms with Crippen molar-refractivity contribution in [2.75, 3.05) is 42.5 Å². The van der Waals surface area contributed by atoms with E-state index >= 15 is 0 Å². The average Bonchev–Trinajstić information content (AvgIpc) is 3.00. The first-order valence-electron chi connectivity index (χ1n) is 9.83. The standard InChI is InChI=1S/C20H29ClN4O2/c1-3-23(4-2)20(27)14-6-5-9-24(12-14)18-8-7-16(11-17(18)21)25-13-15(22)10-19(25)26/h7-8,11,14-15H,3-6,9-10,12-13,22H2,1-2H3. The van der Waals surface area contributed by atoms with Crippen LogP contribution >= 0.6 is 11.6 Å². The molecule has 0 saturated carbocycles. The van der Waals surface area contributed by atoms with Gasteiger partial charge in [-0.25, -0.2) is 0 Å². The van der Waals surface area contributed by atoms with Crippen LogP contribution in [-0.2, 0) is 9.59 Å². The zero-order valence-electron chi connectivity index (χ0n) is 16.2. The summed E-state index contributed by atoms with van der Waals surface area (Å²) in [5.74, 6) is 0.274. The summed E-state index contributed by atoms with van der Waals surface area (Å²) in [4.78, 5) is 30.6. The number of benzene rings is 1. The molecule has 2 saturated heterocycles. The van der Waals surface area contributed by atoms with Gasteiger partial charge in [0.05, 0.1) is 16.6 Å². The second kappa shape index (κ2) is 8.48. The van der Waals surface area contributed by atoms with Gasteiger partial charge in [0.25, 0.3) is 0 Å². The molecular weight excluding hydrogens is 364 g/mol. The lowest BCUT2D eigenvalue weighted by Crippen LogP contribution is -2.45. The summed E-state index contributed by atoms with van der Waals surface area (Å²) in [5.41, 5.74) is 7.60. The van der Waals surface area contributed by atoms with E-state index in [4.69, 9.17) is 17.3 Å². The maximum atomic E-state index is 12.7. The van der Waals surface area contributed by atoms with Crippen LogP contribution < -0.4 is 15.5 Å². The summed E-state index contributed by atoms with van der Waals surface area (Å²) in [7, 11) is 0. The molecule has 7 heteroatoms. The van der Waals surface area contributed by atoms with E-state index in [1.165, 1.54) is 0 Å². The number of nitrogens with two attached hydrogens (primary N) is 1. The van der Waals surface area contributed by atoms with E-state index in [9.17, 15) is 9.59 Å². The Morgan fingerprint density at radius 3 is 2.63 bits per heavy atom. The lowest BCUT2D eigenvalue weighted by Gasteiger charge is -2.36. The third kappa shape index (κ3) is 4.22. The Bertz CT molecular complexity index is 707. The number of anilines is 2. The van der Waals surface area contributed by atoms with Crippen molar-refractivity contribution in [3.05, 3.63) is 23.2 Å². The fourth-order valence-electron chi connectivity index (χ4n) is 4.10. The molecule has 0 aliphatic carbocycles. The van der Waals surface area contributed by atoms with Crippen LogP contribution in [0.5, 0.6) is 0 Å². The van der Waals surface area contributed by atoms with Gasteiger partial charge in [-0.15, -0.1) is 0 Å². The quantitative estimate of drug-likeness (QED) is 0.835. The average molecular weight is 393 g/mol. The van der Waals surface area contributed by atoms with Gasteiger partial charge >= 0.3 is 0 Å². The monoisotopic (exact) mass is 392 g/mol. The van der Waals surface area contributed by atoms with Crippen LogP contribution in [0.15, 0.2) is 18.2 Å². The number of rotatable bonds is 5. The Morgan fingerprint density at radius 2 is 2.04 bits per heavy atom. The molecule has 0 bridgehead atoms. The van der Waals surface area contributed by atoms with Gasteiger partial charge in [0, 0.05) is 50.9 Å². The first-order valence-corrected chi connectivity index (χ1v) is 10.2. The van der Waals surface area contributed by atoms with Crippen molar-refractivity contribution in [1.29, 1.82) is 0 Å². The number of amides is 2. The van der Waals surface area contributed by atoms with Crippen molar-refractivity contribution >= 4 is 34.8 Å². The van der Waals surface area contributed by atoms with Gasteiger partial charge in [-0.05, 0) is 44.9 Å². The zero-order valence-corrected chi connectivity index (χ0v) is 16.9. The summed E-state index contributed by atoms with van der Waals surface area (Å²) in [5, 5.41) is 0.608. The Labute approximate surface area is 166 Å². The van der Waals surface area contributed by atoms with Gasteiger partial charge < -0.3 is 20.4 Å². The highest BCUT2D eigenvalue weighted by atomic mass is 35.5. The largest absolute Gasteiger partial charge is 0.370 e. The highest BCUT2D eigenvalue weighted by Gasteiger charge is 2.31. The molecule has 2 heterocycles. The zero-order chi connectivity index (χ0) is 19.6. The molecule has 2 aliphatic rings. The van der Waals surface area contributed by atoms with Crippen LogP contribution in [0.1, 0.15) is 33.1 Å². The number of hydrogen-bond donors (Lipinski definition) is 1. The van der Waals surface area contributed by atoms with Crippen molar-refractivity contribution in [2.45, 2.75) is 39.2 Å². The molecule has 2 atom stereocenters. The fraction of sp³-hybridized carbons (Fsp3) is 0.600. The molecule has 1 aromatic rings. The van der Waals surface area contributed by atoms with Gasteiger partial charge in [0.1, 0.15) is 0 Å². The molecule has 2 unspecified atom stereocenters. The molecule has 2 fully saturated rings. The maximum absolute atomic E-state index is 12.7. The highest BCUT2D eigenvalue weighted by molar-refractivity contribution is 6.33. The van der Waals surface area contributed by atoms with Crippen molar-refractivity contribution < 1.29 is 9.59 Å². The van der Waals surface area contributed by atoms with E-state index in [1.807, 2.05) is 36.9 Å². The van der Waals surface area contributed by atoms with Crippen LogP contribution in [0.3, 0.4) is 0 Å². The molecule has 148 valence electrons. The number of carbonyl (C=O) groups excluding carboxylic acids is 2. The molecule has 0 spiro atoms. The van der Waals surface area contributed by atoms with Gasteiger partial charge in [-0.2, -0.15) is 0 Å². The summed E-state index contributed by atoms with van der Waals surface area (Å²) < 4.78 is 0. The normalized spacial score (nSPS) is 23.0. The fourth-order valence-corrected chi connectivity index (χ4v) is 4.39. The van der Waals surface area contributed by atoms with Crippen molar-refractivity contribution in [3.8, 4) is 0 Å². The van der Waals surface area contributed by atoms with E-state index in [2.05, 4.69) is 4.90 Å². The third-order valence-electron chi connectivity index (χ3n) is 5.58. The molecule has 2 amide bonds. The van der Waals surface area contributed by atoms with E-state index in [0.717, 1.165) is 43.9 Å². The number of nitrogens with zero attached hydrogens (tertiary/aromatic N) is 3. The minimum Gasteiger partial charge on any atom is -0.370 e. The van der Waals surface area contributed by atoms with Crippen molar-refractivity contribution in [1.82, 2.24) is 4.90 Å². The van der Waals surface area contributed by atoms with Crippen LogP contribution in [0.4, 0.5) is 11.4 Å². The van der Waals surface area contributed by atoms with E-state index in [1.54, 1.807) is 4.90 Å². The second-order valence-corrected chi connectivity index (χ2v) is 7.81. The molecule has 6 nitrogen and oxygen atoms in total. The number of hydrogen-bond acceptors (Lipinski definition) is 4. The summed E-state index contributed by atoms with van der Waals surface area (Å²) >= 11 is 6.56. The molecule has 27 heavy (non-hydrogen) atoms.